The molecular weight excluding hydrogens is 258 g/mol. The van der Waals surface area contributed by atoms with E-state index in [-0.39, 0.29) is 17.7 Å². The van der Waals surface area contributed by atoms with Crippen LogP contribution in [0.3, 0.4) is 0 Å². The number of carboxylic acid groups (broad SMARTS) is 1. The summed E-state index contributed by atoms with van der Waals surface area (Å²) >= 11 is 0. The second-order valence-corrected chi connectivity index (χ2v) is 5.61. The molecule has 0 saturated heterocycles. The van der Waals surface area contributed by atoms with Crippen molar-refractivity contribution in [3.05, 3.63) is 23.7 Å². The predicted octanol–water partition coefficient (Wildman–Crippen LogP) is 2.44. The first-order valence-corrected chi connectivity index (χ1v) is 7.00. The van der Waals surface area contributed by atoms with Crippen LogP contribution < -0.4 is 0 Å². The standard InChI is InChI=1S/C15H21NO4/c1-10-6-7-13(20-10)9-16(2)14(17)11-4-3-5-12(8-11)15(18)19/h6-7,11-12H,3-5,8-9H2,1-2H3,(H,18,19). The van der Waals surface area contributed by atoms with Gasteiger partial charge in [0.2, 0.25) is 5.91 Å². The van der Waals surface area contributed by atoms with Crippen molar-refractivity contribution < 1.29 is 19.1 Å². The van der Waals surface area contributed by atoms with Gasteiger partial charge < -0.3 is 14.4 Å². The van der Waals surface area contributed by atoms with Gasteiger partial charge in [-0.2, -0.15) is 0 Å². The molecule has 0 radical (unpaired) electrons. The fraction of sp³-hybridized carbons (Fsp3) is 0.600. The van der Waals surface area contributed by atoms with Crippen molar-refractivity contribution in [2.24, 2.45) is 11.8 Å². The summed E-state index contributed by atoms with van der Waals surface area (Å²) in [6.07, 6.45) is 2.72. The summed E-state index contributed by atoms with van der Waals surface area (Å²) in [4.78, 5) is 25.0. The monoisotopic (exact) mass is 279 g/mol. The molecule has 20 heavy (non-hydrogen) atoms. The fourth-order valence-corrected chi connectivity index (χ4v) is 2.83. The number of hydrogen-bond acceptors (Lipinski definition) is 3. The Balaban J connectivity index is 1.94. The maximum atomic E-state index is 12.4. The van der Waals surface area contributed by atoms with Gasteiger partial charge in [-0.25, -0.2) is 0 Å². The molecule has 0 spiro atoms. The lowest BCUT2D eigenvalue weighted by Gasteiger charge is -2.29. The molecule has 110 valence electrons. The quantitative estimate of drug-likeness (QED) is 0.919. The van der Waals surface area contributed by atoms with Crippen LogP contribution >= 0.6 is 0 Å². The van der Waals surface area contributed by atoms with Gasteiger partial charge in [0.25, 0.3) is 0 Å². The van der Waals surface area contributed by atoms with E-state index >= 15 is 0 Å². The molecule has 0 bridgehead atoms. The highest BCUT2D eigenvalue weighted by Gasteiger charge is 2.32. The number of carbonyl (C=O) groups excluding carboxylic acids is 1. The maximum absolute atomic E-state index is 12.4. The minimum atomic E-state index is -0.785. The summed E-state index contributed by atoms with van der Waals surface area (Å²) < 4.78 is 5.46. The van der Waals surface area contributed by atoms with Crippen LogP contribution in [0.25, 0.3) is 0 Å². The van der Waals surface area contributed by atoms with Crippen molar-refractivity contribution in [2.45, 2.75) is 39.2 Å². The number of aliphatic carboxylic acids is 1. The summed E-state index contributed by atoms with van der Waals surface area (Å²) in [7, 11) is 1.74. The first-order chi connectivity index (χ1) is 9.47. The lowest BCUT2D eigenvalue weighted by Crippen LogP contribution is -2.36. The lowest BCUT2D eigenvalue weighted by atomic mass is 9.81. The molecule has 1 aromatic heterocycles. The highest BCUT2D eigenvalue weighted by atomic mass is 16.4. The minimum absolute atomic E-state index is 0.0185. The van der Waals surface area contributed by atoms with E-state index in [2.05, 4.69) is 0 Å². The van der Waals surface area contributed by atoms with Gasteiger partial charge in [-0.1, -0.05) is 6.42 Å². The topological polar surface area (TPSA) is 70.8 Å². The van der Waals surface area contributed by atoms with E-state index in [1.165, 1.54) is 0 Å². The highest BCUT2D eigenvalue weighted by Crippen LogP contribution is 2.30. The summed E-state index contributed by atoms with van der Waals surface area (Å²) in [5.41, 5.74) is 0. The zero-order valence-electron chi connectivity index (χ0n) is 12.0. The van der Waals surface area contributed by atoms with E-state index in [0.717, 1.165) is 24.4 Å². The highest BCUT2D eigenvalue weighted by molar-refractivity contribution is 5.80. The van der Waals surface area contributed by atoms with Crippen molar-refractivity contribution >= 4 is 11.9 Å². The number of rotatable bonds is 4. The molecule has 1 N–H and O–H groups in total. The van der Waals surface area contributed by atoms with Crippen molar-refractivity contribution in [3.63, 3.8) is 0 Å². The van der Waals surface area contributed by atoms with Crippen molar-refractivity contribution in [1.29, 1.82) is 0 Å². The number of hydrogen-bond donors (Lipinski definition) is 1. The van der Waals surface area contributed by atoms with E-state index in [1.807, 2.05) is 19.1 Å². The molecule has 0 aliphatic heterocycles. The number of carbonyl (C=O) groups is 2. The van der Waals surface area contributed by atoms with Gasteiger partial charge in [0.15, 0.2) is 0 Å². The van der Waals surface area contributed by atoms with Gasteiger partial charge in [-0.15, -0.1) is 0 Å². The molecule has 5 nitrogen and oxygen atoms in total. The Kier molecular flexibility index (Phi) is 4.47. The van der Waals surface area contributed by atoms with Crippen molar-refractivity contribution in [1.82, 2.24) is 4.90 Å². The number of aryl methyl sites for hydroxylation is 1. The molecule has 5 heteroatoms. The molecule has 1 aromatic rings. The van der Waals surface area contributed by atoms with E-state index < -0.39 is 5.97 Å². The molecule has 1 aliphatic carbocycles. The summed E-state index contributed by atoms with van der Waals surface area (Å²) in [6.45, 7) is 2.30. The van der Waals surface area contributed by atoms with Crippen molar-refractivity contribution in [3.8, 4) is 0 Å². The molecular formula is C15H21NO4. The van der Waals surface area contributed by atoms with Gasteiger partial charge in [-0.05, 0) is 38.3 Å². The Labute approximate surface area is 118 Å². The molecule has 2 atom stereocenters. The third kappa shape index (κ3) is 3.40. The van der Waals surface area contributed by atoms with Crippen LogP contribution in [0.5, 0.6) is 0 Å². The van der Waals surface area contributed by atoms with Crippen LogP contribution in [0.1, 0.15) is 37.2 Å². The molecule has 2 unspecified atom stereocenters. The molecule has 1 fully saturated rings. The average molecular weight is 279 g/mol. The molecule has 0 aromatic carbocycles. The first-order valence-electron chi connectivity index (χ1n) is 7.00. The molecule has 1 saturated carbocycles. The van der Waals surface area contributed by atoms with Gasteiger partial charge in [0, 0.05) is 13.0 Å². The van der Waals surface area contributed by atoms with E-state index in [4.69, 9.17) is 9.52 Å². The SMILES string of the molecule is Cc1ccc(CN(C)C(=O)C2CCCC(C(=O)O)C2)o1. The molecule has 2 rings (SSSR count). The van der Waals surface area contributed by atoms with Gasteiger partial charge in [-0.3, -0.25) is 9.59 Å². The zero-order chi connectivity index (χ0) is 14.7. The van der Waals surface area contributed by atoms with Gasteiger partial charge in [0.1, 0.15) is 11.5 Å². The Hall–Kier alpha value is -1.78. The summed E-state index contributed by atoms with van der Waals surface area (Å²) in [5, 5.41) is 9.07. The smallest absolute Gasteiger partial charge is 0.306 e. The third-order valence-electron chi connectivity index (χ3n) is 3.94. The Morgan fingerprint density at radius 2 is 2.05 bits per heavy atom. The second-order valence-electron chi connectivity index (χ2n) is 5.61. The van der Waals surface area contributed by atoms with Crippen LogP contribution in [0.15, 0.2) is 16.5 Å². The van der Waals surface area contributed by atoms with Gasteiger partial charge in [0.05, 0.1) is 12.5 Å². The zero-order valence-corrected chi connectivity index (χ0v) is 12.0. The van der Waals surface area contributed by atoms with Crippen molar-refractivity contribution in [2.75, 3.05) is 7.05 Å². The first kappa shape index (κ1) is 14.6. The number of amides is 1. The summed E-state index contributed by atoms with van der Waals surface area (Å²) in [6, 6.07) is 3.73. The largest absolute Gasteiger partial charge is 0.481 e. The van der Waals surface area contributed by atoms with Crippen LogP contribution in [0.2, 0.25) is 0 Å². The number of carboxylic acids is 1. The molecule has 1 amide bonds. The minimum Gasteiger partial charge on any atom is -0.481 e. The Morgan fingerprint density at radius 3 is 2.65 bits per heavy atom. The summed E-state index contributed by atoms with van der Waals surface area (Å²) in [5.74, 6) is 0.257. The van der Waals surface area contributed by atoms with Crippen LogP contribution in [0.4, 0.5) is 0 Å². The van der Waals surface area contributed by atoms with Crippen LogP contribution in [0, 0.1) is 18.8 Å². The lowest BCUT2D eigenvalue weighted by molar-refractivity contribution is -0.145. The third-order valence-corrected chi connectivity index (χ3v) is 3.94. The number of nitrogens with zero attached hydrogens (tertiary/aromatic N) is 1. The van der Waals surface area contributed by atoms with Crippen LogP contribution in [-0.4, -0.2) is 28.9 Å². The normalized spacial score (nSPS) is 22.5. The average Bonchev–Trinajstić information content (AvgIpc) is 2.83. The fourth-order valence-electron chi connectivity index (χ4n) is 2.83. The second kappa shape index (κ2) is 6.11. The van der Waals surface area contributed by atoms with E-state index in [1.54, 1.807) is 11.9 Å². The van der Waals surface area contributed by atoms with E-state index in [0.29, 0.717) is 19.4 Å². The Morgan fingerprint density at radius 1 is 1.35 bits per heavy atom. The predicted molar refractivity (Wildman–Crippen MR) is 73.0 cm³/mol. The Bertz CT molecular complexity index is 494. The van der Waals surface area contributed by atoms with E-state index in [9.17, 15) is 9.59 Å². The molecule has 1 heterocycles. The molecule has 1 aliphatic rings. The van der Waals surface area contributed by atoms with Gasteiger partial charge >= 0.3 is 5.97 Å². The van der Waals surface area contributed by atoms with Crippen LogP contribution in [-0.2, 0) is 16.1 Å². The maximum Gasteiger partial charge on any atom is 0.306 e. The number of furan rings is 1.